The van der Waals surface area contributed by atoms with E-state index in [0.29, 0.717) is 0 Å². The van der Waals surface area contributed by atoms with Crippen molar-refractivity contribution in [2.45, 2.75) is 32.4 Å². The van der Waals surface area contributed by atoms with Crippen molar-refractivity contribution in [2.75, 3.05) is 36.5 Å². The van der Waals surface area contributed by atoms with Gasteiger partial charge in [0.15, 0.2) is 0 Å². The zero-order chi connectivity index (χ0) is 23.7. The summed E-state index contributed by atoms with van der Waals surface area (Å²) < 4.78 is 5.52. The highest BCUT2D eigenvalue weighted by atomic mass is 16.5. The number of hydrogen-bond acceptors (Lipinski definition) is 4. The molecule has 3 aromatic rings. The van der Waals surface area contributed by atoms with E-state index in [1.165, 1.54) is 22.5 Å². The predicted molar refractivity (Wildman–Crippen MR) is 138 cm³/mol. The third-order valence-electron chi connectivity index (χ3n) is 7.32. The van der Waals surface area contributed by atoms with Gasteiger partial charge >= 0.3 is 0 Å². The number of nitrogens with zero attached hydrogens (tertiary/aromatic N) is 2. The smallest absolute Gasteiger partial charge is 0.226 e. The first kappa shape index (κ1) is 22.3. The van der Waals surface area contributed by atoms with Gasteiger partial charge in [-0.05, 0) is 49.6 Å². The highest BCUT2D eigenvalue weighted by molar-refractivity contribution is 5.83. The van der Waals surface area contributed by atoms with Crippen molar-refractivity contribution < 1.29 is 9.53 Å². The van der Waals surface area contributed by atoms with Gasteiger partial charge in [0.2, 0.25) is 5.91 Å². The number of carbonyl (C=O) groups is 1. The SMILES string of the molecule is COc1ccc2c(c1)N1CCN(c3ccc(C)cc3)C[C@@H]1[C@H](C(=O)N[C@@H](C)c1ccccc1)C2. The minimum Gasteiger partial charge on any atom is -0.497 e. The quantitative estimate of drug-likeness (QED) is 0.603. The van der Waals surface area contributed by atoms with Gasteiger partial charge in [-0.3, -0.25) is 4.79 Å². The van der Waals surface area contributed by atoms with Gasteiger partial charge in [-0.15, -0.1) is 0 Å². The second kappa shape index (κ2) is 9.41. The van der Waals surface area contributed by atoms with Crippen molar-refractivity contribution in [3.63, 3.8) is 0 Å². The second-order valence-corrected chi connectivity index (χ2v) is 9.49. The van der Waals surface area contributed by atoms with Gasteiger partial charge in [0.25, 0.3) is 0 Å². The number of rotatable bonds is 5. The number of nitrogens with one attached hydrogen (secondary N) is 1. The second-order valence-electron chi connectivity index (χ2n) is 9.49. The minimum atomic E-state index is -0.125. The van der Waals surface area contributed by atoms with Crippen LogP contribution in [0.4, 0.5) is 11.4 Å². The van der Waals surface area contributed by atoms with Crippen LogP contribution in [0.15, 0.2) is 72.8 Å². The van der Waals surface area contributed by atoms with Crippen LogP contribution in [-0.4, -0.2) is 38.7 Å². The summed E-state index contributed by atoms with van der Waals surface area (Å²) in [6.07, 6.45) is 0.732. The molecule has 3 aromatic carbocycles. The monoisotopic (exact) mass is 455 g/mol. The Morgan fingerprint density at radius 1 is 1.03 bits per heavy atom. The summed E-state index contributed by atoms with van der Waals surface area (Å²) in [5.41, 5.74) is 6.02. The molecule has 0 saturated carbocycles. The number of methoxy groups -OCH3 is 1. The molecule has 0 radical (unpaired) electrons. The average Bonchev–Trinajstić information content (AvgIpc) is 2.88. The van der Waals surface area contributed by atoms with E-state index >= 15 is 0 Å². The molecule has 0 bridgehead atoms. The Kier molecular flexibility index (Phi) is 6.18. The molecule has 0 spiro atoms. The molecule has 0 unspecified atom stereocenters. The lowest BCUT2D eigenvalue weighted by molar-refractivity contribution is -0.126. The summed E-state index contributed by atoms with van der Waals surface area (Å²) in [4.78, 5) is 18.5. The molecule has 2 heterocycles. The summed E-state index contributed by atoms with van der Waals surface area (Å²) in [5.74, 6) is 0.859. The summed E-state index contributed by atoms with van der Waals surface area (Å²) in [5, 5.41) is 3.31. The van der Waals surface area contributed by atoms with E-state index in [4.69, 9.17) is 4.74 Å². The Morgan fingerprint density at radius 3 is 2.53 bits per heavy atom. The molecule has 0 aliphatic carbocycles. The lowest BCUT2D eigenvalue weighted by Gasteiger charge is -2.49. The minimum absolute atomic E-state index is 0.0313. The van der Waals surface area contributed by atoms with Gasteiger partial charge in [0, 0.05) is 37.1 Å². The van der Waals surface area contributed by atoms with Gasteiger partial charge in [0.1, 0.15) is 5.75 Å². The maximum Gasteiger partial charge on any atom is 0.226 e. The number of anilines is 2. The van der Waals surface area contributed by atoms with Crippen LogP contribution in [0.25, 0.3) is 0 Å². The van der Waals surface area contributed by atoms with E-state index in [1.807, 2.05) is 24.3 Å². The zero-order valence-corrected chi connectivity index (χ0v) is 20.2. The van der Waals surface area contributed by atoms with Crippen LogP contribution in [0.3, 0.4) is 0 Å². The molecule has 5 heteroatoms. The van der Waals surface area contributed by atoms with Crippen LogP contribution < -0.4 is 19.9 Å². The first-order valence-electron chi connectivity index (χ1n) is 12.1. The normalized spacial score (nSPS) is 20.2. The number of hydrogen-bond donors (Lipinski definition) is 1. The number of ether oxygens (including phenoxy) is 1. The Hall–Kier alpha value is -3.47. The first-order valence-corrected chi connectivity index (χ1v) is 12.1. The van der Waals surface area contributed by atoms with Crippen LogP contribution in [-0.2, 0) is 11.2 Å². The number of benzene rings is 3. The summed E-state index contributed by atoms with van der Waals surface area (Å²) in [6.45, 7) is 6.78. The van der Waals surface area contributed by atoms with E-state index < -0.39 is 0 Å². The molecule has 1 amide bonds. The van der Waals surface area contributed by atoms with E-state index in [0.717, 1.165) is 37.4 Å². The van der Waals surface area contributed by atoms with Crippen molar-refractivity contribution in [1.82, 2.24) is 5.32 Å². The van der Waals surface area contributed by atoms with Crippen molar-refractivity contribution in [2.24, 2.45) is 5.92 Å². The molecule has 34 heavy (non-hydrogen) atoms. The highest BCUT2D eigenvalue weighted by Gasteiger charge is 2.42. The van der Waals surface area contributed by atoms with Crippen molar-refractivity contribution in [3.8, 4) is 5.75 Å². The van der Waals surface area contributed by atoms with Gasteiger partial charge in [-0.2, -0.15) is 0 Å². The average molecular weight is 456 g/mol. The lowest BCUT2D eigenvalue weighted by atomic mass is 9.83. The van der Waals surface area contributed by atoms with Gasteiger partial charge in [0.05, 0.1) is 25.1 Å². The fraction of sp³-hybridized carbons (Fsp3) is 0.345. The fourth-order valence-electron chi connectivity index (χ4n) is 5.34. The van der Waals surface area contributed by atoms with Crippen LogP contribution in [0, 0.1) is 12.8 Å². The fourth-order valence-corrected chi connectivity index (χ4v) is 5.34. The highest BCUT2D eigenvalue weighted by Crippen LogP contribution is 2.39. The van der Waals surface area contributed by atoms with Gasteiger partial charge in [-0.25, -0.2) is 0 Å². The molecule has 1 N–H and O–H groups in total. The van der Waals surface area contributed by atoms with Crippen LogP contribution >= 0.6 is 0 Å². The number of amides is 1. The maximum absolute atomic E-state index is 13.7. The lowest BCUT2D eigenvalue weighted by Crippen LogP contribution is -2.61. The predicted octanol–water partition coefficient (Wildman–Crippen LogP) is 4.75. The Morgan fingerprint density at radius 2 is 1.79 bits per heavy atom. The first-order chi connectivity index (χ1) is 16.5. The number of aryl methyl sites for hydroxylation is 1. The molecule has 1 fully saturated rings. The topological polar surface area (TPSA) is 44.8 Å². The van der Waals surface area contributed by atoms with Crippen molar-refractivity contribution in [3.05, 3.63) is 89.5 Å². The maximum atomic E-state index is 13.7. The standard InChI is InChI=1S/C29H33N3O2/c1-20-9-12-24(13-10-20)31-15-16-32-27-18-25(34-3)14-11-23(27)17-26(28(32)19-31)29(33)30-21(2)22-7-5-4-6-8-22/h4-14,18,21,26,28H,15-17,19H2,1-3H3,(H,30,33)/t21-,26+,28+/m0/s1. The molecule has 0 aromatic heterocycles. The summed E-state index contributed by atoms with van der Waals surface area (Å²) in [7, 11) is 1.71. The number of piperazine rings is 1. The molecule has 2 aliphatic rings. The van der Waals surface area contributed by atoms with E-state index in [1.54, 1.807) is 7.11 Å². The van der Waals surface area contributed by atoms with Crippen molar-refractivity contribution >= 4 is 17.3 Å². The van der Waals surface area contributed by atoms with E-state index in [2.05, 4.69) is 77.5 Å². The number of fused-ring (bicyclic) bond motifs is 3. The van der Waals surface area contributed by atoms with Crippen LogP contribution in [0.1, 0.15) is 29.7 Å². The summed E-state index contributed by atoms with van der Waals surface area (Å²) in [6, 6.07) is 25.2. The Bertz CT molecular complexity index is 1150. The van der Waals surface area contributed by atoms with Gasteiger partial charge in [-0.1, -0.05) is 54.1 Å². The Labute approximate surface area is 202 Å². The number of carbonyl (C=O) groups excluding carboxylic acids is 1. The third-order valence-corrected chi connectivity index (χ3v) is 7.32. The van der Waals surface area contributed by atoms with Crippen LogP contribution in [0.5, 0.6) is 5.75 Å². The third kappa shape index (κ3) is 4.35. The Balaban J connectivity index is 1.44. The molecule has 5 nitrogen and oxygen atoms in total. The van der Waals surface area contributed by atoms with Crippen molar-refractivity contribution in [1.29, 1.82) is 0 Å². The molecule has 176 valence electrons. The molecule has 1 saturated heterocycles. The molecule has 2 aliphatic heterocycles. The molecular formula is C29H33N3O2. The molecule has 3 atom stereocenters. The van der Waals surface area contributed by atoms with Gasteiger partial charge < -0.3 is 19.9 Å². The molecular weight excluding hydrogens is 422 g/mol. The summed E-state index contributed by atoms with van der Waals surface area (Å²) >= 11 is 0. The van der Waals surface area contributed by atoms with Crippen LogP contribution in [0.2, 0.25) is 0 Å². The molecule has 5 rings (SSSR count). The van der Waals surface area contributed by atoms with E-state index in [9.17, 15) is 4.79 Å². The largest absolute Gasteiger partial charge is 0.497 e. The van der Waals surface area contributed by atoms with E-state index in [-0.39, 0.29) is 23.9 Å². The zero-order valence-electron chi connectivity index (χ0n) is 20.2.